The number of amides is 4. The van der Waals surface area contributed by atoms with Crippen molar-refractivity contribution < 1.29 is 19.2 Å². The number of benzene rings is 3. The van der Waals surface area contributed by atoms with Crippen molar-refractivity contribution in [2.75, 3.05) is 16.8 Å². The molecule has 7 nitrogen and oxygen atoms in total. The topological polar surface area (TPSA) is 95.6 Å². The molecule has 0 saturated heterocycles. The summed E-state index contributed by atoms with van der Waals surface area (Å²) in [7, 11) is 0. The van der Waals surface area contributed by atoms with Gasteiger partial charge in [-0.1, -0.05) is 30.3 Å². The van der Waals surface area contributed by atoms with Gasteiger partial charge in [-0.05, 0) is 61.4 Å². The second kappa shape index (κ2) is 9.15. The average molecular weight is 453 g/mol. The normalized spacial score (nSPS) is 12.4. The zero-order valence-corrected chi connectivity index (χ0v) is 18.8. The molecular formula is C27H23N3O4. The van der Waals surface area contributed by atoms with Crippen molar-refractivity contribution in [3.8, 4) is 0 Å². The van der Waals surface area contributed by atoms with Crippen molar-refractivity contribution in [2.45, 2.75) is 13.8 Å². The average Bonchev–Trinajstić information content (AvgIpc) is 3.08. The Morgan fingerprint density at radius 3 is 2.41 bits per heavy atom. The summed E-state index contributed by atoms with van der Waals surface area (Å²) in [6, 6.07) is 16.6. The number of fused-ring (bicyclic) bond motifs is 1. The van der Waals surface area contributed by atoms with E-state index in [2.05, 4.69) is 17.2 Å². The zero-order valence-electron chi connectivity index (χ0n) is 18.8. The Hall–Kier alpha value is -4.52. The summed E-state index contributed by atoms with van der Waals surface area (Å²) in [6.07, 6.45) is 1.56. The van der Waals surface area contributed by atoms with Crippen molar-refractivity contribution in [3.63, 3.8) is 0 Å². The number of anilines is 2. The molecule has 1 heterocycles. The largest absolute Gasteiger partial charge is 0.349 e. The molecule has 1 aliphatic heterocycles. The molecule has 0 aliphatic carbocycles. The molecule has 7 heteroatoms. The van der Waals surface area contributed by atoms with Crippen LogP contribution in [-0.2, 0) is 0 Å². The minimum atomic E-state index is -0.503. The maximum atomic E-state index is 13.2. The Morgan fingerprint density at radius 1 is 0.912 bits per heavy atom. The number of nitrogens with zero attached hydrogens (tertiary/aromatic N) is 1. The van der Waals surface area contributed by atoms with Gasteiger partial charge in [0, 0.05) is 12.1 Å². The van der Waals surface area contributed by atoms with E-state index in [1.165, 1.54) is 18.2 Å². The van der Waals surface area contributed by atoms with E-state index in [1.54, 1.807) is 36.4 Å². The highest BCUT2D eigenvalue weighted by Crippen LogP contribution is 2.32. The van der Waals surface area contributed by atoms with Crippen LogP contribution in [0.3, 0.4) is 0 Å². The molecule has 0 spiro atoms. The molecule has 0 saturated carbocycles. The first kappa shape index (κ1) is 22.7. The quantitative estimate of drug-likeness (QED) is 0.430. The van der Waals surface area contributed by atoms with Gasteiger partial charge in [-0.15, -0.1) is 6.58 Å². The number of carbonyl (C=O) groups excluding carboxylic acids is 4. The van der Waals surface area contributed by atoms with Crippen molar-refractivity contribution in [1.82, 2.24) is 5.32 Å². The SMILES string of the molecule is C=CCNC(=O)c1ccccc1NC(=O)c1ccc2c(c1)C(=O)N(c1cc(C)ccc1C)C2=O. The lowest BCUT2D eigenvalue weighted by atomic mass is 10.0. The molecule has 3 aromatic carbocycles. The van der Waals surface area contributed by atoms with Crippen LogP contribution in [0.5, 0.6) is 0 Å². The highest BCUT2D eigenvalue weighted by molar-refractivity contribution is 6.35. The van der Waals surface area contributed by atoms with Crippen molar-refractivity contribution in [2.24, 2.45) is 0 Å². The maximum absolute atomic E-state index is 13.2. The second-order valence-corrected chi connectivity index (χ2v) is 7.99. The molecule has 0 radical (unpaired) electrons. The third kappa shape index (κ3) is 4.11. The summed E-state index contributed by atoms with van der Waals surface area (Å²) in [5, 5.41) is 5.41. The highest BCUT2D eigenvalue weighted by Gasteiger charge is 2.37. The van der Waals surface area contributed by atoms with Crippen LogP contribution in [-0.4, -0.2) is 30.2 Å². The van der Waals surface area contributed by atoms with Crippen molar-refractivity contribution >= 4 is 35.0 Å². The van der Waals surface area contributed by atoms with Gasteiger partial charge in [-0.2, -0.15) is 0 Å². The number of rotatable bonds is 6. The fraction of sp³-hybridized carbons (Fsp3) is 0.111. The van der Waals surface area contributed by atoms with Crippen LogP contribution in [0.25, 0.3) is 0 Å². The number of hydrogen-bond acceptors (Lipinski definition) is 4. The lowest BCUT2D eigenvalue weighted by Gasteiger charge is -2.17. The molecular weight excluding hydrogens is 430 g/mol. The van der Waals surface area contributed by atoms with Crippen LogP contribution in [0.4, 0.5) is 11.4 Å². The predicted octanol–water partition coefficient (Wildman–Crippen LogP) is 4.27. The van der Waals surface area contributed by atoms with Gasteiger partial charge in [0.1, 0.15) is 0 Å². The Balaban J connectivity index is 1.62. The third-order valence-corrected chi connectivity index (χ3v) is 5.58. The predicted molar refractivity (Wildman–Crippen MR) is 130 cm³/mol. The van der Waals surface area contributed by atoms with Gasteiger partial charge in [-0.25, -0.2) is 4.90 Å². The van der Waals surface area contributed by atoms with E-state index in [4.69, 9.17) is 0 Å². The van der Waals surface area contributed by atoms with E-state index in [9.17, 15) is 19.2 Å². The van der Waals surface area contributed by atoms with E-state index in [1.807, 2.05) is 26.0 Å². The van der Waals surface area contributed by atoms with E-state index in [-0.39, 0.29) is 22.6 Å². The number of carbonyl (C=O) groups is 4. The molecule has 1 aliphatic rings. The summed E-state index contributed by atoms with van der Waals surface area (Å²) >= 11 is 0. The Labute approximate surface area is 197 Å². The minimum absolute atomic E-state index is 0.163. The lowest BCUT2D eigenvalue weighted by molar-refractivity contribution is 0.0921. The van der Waals surface area contributed by atoms with Gasteiger partial charge < -0.3 is 10.6 Å². The van der Waals surface area contributed by atoms with Crippen LogP contribution in [0, 0.1) is 13.8 Å². The molecule has 0 aromatic heterocycles. The van der Waals surface area contributed by atoms with Crippen LogP contribution in [0.15, 0.2) is 73.3 Å². The first-order valence-corrected chi connectivity index (χ1v) is 10.7. The molecule has 170 valence electrons. The number of para-hydroxylation sites is 1. The standard InChI is InChI=1S/C27H23N3O4/c1-4-13-28-25(32)20-7-5-6-8-22(20)29-24(31)18-11-12-19-21(15-18)27(34)30(26(19)33)23-14-16(2)9-10-17(23)3/h4-12,14-15H,1,13H2,2-3H3,(H,28,32)(H,29,31). The third-order valence-electron chi connectivity index (χ3n) is 5.58. The first-order chi connectivity index (χ1) is 16.3. The van der Waals surface area contributed by atoms with Gasteiger partial charge in [0.2, 0.25) is 0 Å². The van der Waals surface area contributed by atoms with E-state index < -0.39 is 17.7 Å². The molecule has 3 aromatic rings. The van der Waals surface area contributed by atoms with Gasteiger partial charge in [-0.3, -0.25) is 19.2 Å². The zero-order chi connectivity index (χ0) is 24.4. The number of imide groups is 1. The summed E-state index contributed by atoms with van der Waals surface area (Å²) < 4.78 is 0. The summed E-state index contributed by atoms with van der Waals surface area (Å²) in [6.45, 7) is 7.58. The molecule has 2 N–H and O–H groups in total. The Kier molecular flexibility index (Phi) is 6.10. The molecule has 4 amide bonds. The minimum Gasteiger partial charge on any atom is -0.349 e. The van der Waals surface area contributed by atoms with E-state index >= 15 is 0 Å². The monoisotopic (exact) mass is 453 g/mol. The van der Waals surface area contributed by atoms with E-state index in [0.29, 0.717) is 23.5 Å². The van der Waals surface area contributed by atoms with Crippen LogP contribution >= 0.6 is 0 Å². The van der Waals surface area contributed by atoms with Crippen LogP contribution in [0.1, 0.15) is 52.6 Å². The summed E-state index contributed by atoms with van der Waals surface area (Å²) in [5.74, 6) is -1.76. The van der Waals surface area contributed by atoms with Gasteiger partial charge >= 0.3 is 0 Å². The highest BCUT2D eigenvalue weighted by atomic mass is 16.2. The fourth-order valence-corrected chi connectivity index (χ4v) is 3.81. The molecule has 4 rings (SSSR count). The smallest absolute Gasteiger partial charge is 0.266 e. The number of hydrogen-bond donors (Lipinski definition) is 2. The van der Waals surface area contributed by atoms with Crippen LogP contribution in [0.2, 0.25) is 0 Å². The lowest BCUT2D eigenvalue weighted by Crippen LogP contribution is -2.30. The summed E-state index contributed by atoms with van der Waals surface area (Å²) in [4.78, 5) is 52.7. The molecule has 0 unspecified atom stereocenters. The number of aryl methyl sites for hydroxylation is 2. The fourth-order valence-electron chi connectivity index (χ4n) is 3.81. The van der Waals surface area contributed by atoms with Crippen molar-refractivity contribution in [3.05, 3.63) is 107 Å². The Morgan fingerprint density at radius 2 is 1.65 bits per heavy atom. The summed E-state index contributed by atoms with van der Waals surface area (Å²) in [5.41, 5.74) is 3.47. The molecule has 34 heavy (non-hydrogen) atoms. The number of nitrogens with one attached hydrogen (secondary N) is 2. The Bertz CT molecular complexity index is 1360. The maximum Gasteiger partial charge on any atom is 0.266 e. The van der Waals surface area contributed by atoms with Gasteiger partial charge in [0.25, 0.3) is 23.6 Å². The first-order valence-electron chi connectivity index (χ1n) is 10.7. The van der Waals surface area contributed by atoms with Gasteiger partial charge in [0.15, 0.2) is 0 Å². The van der Waals surface area contributed by atoms with Gasteiger partial charge in [0.05, 0.1) is 28.1 Å². The van der Waals surface area contributed by atoms with Crippen LogP contribution < -0.4 is 15.5 Å². The van der Waals surface area contributed by atoms with E-state index in [0.717, 1.165) is 16.0 Å². The van der Waals surface area contributed by atoms with Crippen molar-refractivity contribution in [1.29, 1.82) is 0 Å². The second-order valence-electron chi connectivity index (χ2n) is 7.99. The molecule has 0 fully saturated rings. The molecule has 0 atom stereocenters. The molecule has 0 bridgehead atoms.